The highest BCUT2D eigenvalue weighted by Crippen LogP contribution is 2.19. The molecule has 0 aliphatic rings. The second-order valence-corrected chi connectivity index (χ2v) is 7.49. The van der Waals surface area contributed by atoms with Crippen molar-refractivity contribution < 1.29 is 0 Å². The minimum Gasteiger partial charge on any atom is -0.320 e. The Morgan fingerprint density at radius 3 is 1.26 bits per heavy atom. The van der Waals surface area contributed by atoms with Crippen LogP contribution in [0.15, 0.2) is 129 Å². The molecule has 1 nitrogen and oxygen atoms in total. The average molecular weight is 468 g/mol. The van der Waals surface area contributed by atoms with Crippen LogP contribution in [0.4, 0.5) is 0 Å². The zero-order chi connectivity index (χ0) is 23.9. The van der Waals surface area contributed by atoms with Crippen LogP contribution in [-0.4, -0.2) is 0 Å². The minimum atomic E-state index is -0.0215. The van der Waals surface area contributed by atoms with Crippen molar-refractivity contribution in [3.05, 3.63) is 162 Å². The van der Waals surface area contributed by atoms with Crippen molar-refractivity contribution in [2.45, 2.75) is 13.0 Å². The van der Waals surface area contributed by atoms with Gasteiger partial charge in [0.15, 0.2) is 0 Å². The van der Waals surface area contributed by atoms with E-state index < -0.39 is 0 Å². The van der Waals surface area contributed by atoms with E-state index in [1.54, 1.807) is 0 Å². The van der Waals surface area contributed by atoms with E-state index in [1.165, 1.54) is 11.1 Å². The zero-order valence-electron chi connectivity index (χ0n) is 19.8. The van der Waals surface area contributed by atoms with Crippen LogP contribution in [0.1, 0.15) is 39.4 Å². The average Bonchev–Trinajstić information content (AvgIpc) is 2.90. The Labute approximate surface area is 211 Å². The Balaban J connectivity index is 0.000000266. The topological polar surface area (TPSA) is 26.0 Å². The van der Waals surface area contributed by atoms with E-state index in [1.807, 2.05) is 91.0 Å². The predicted octanol–water partition coefficient (Wildman–Crippen LogP) is 8.77. The Morgan fingerprint density at radius 2 is 0.882 bits per heavy atom. The summed E-state index contributed by atoms with van der Waals surface area (Å²) in [5.41, 5.74) is 13.2. The SMILES string of the molecule is C=Cc1ccc(C=C)cc1.C=Cc1ccccc1.Cc1ccc(C(N)c2ccccc2)cc1.Cl. The summed E-state index contributed by atoms with van der Waals surface area (Å²) < 4.78 is 0. The monoisotopic (exact) mass is 467 g/mol. The minimum absolute atomic E-state index is 0. The summed E-state index contributed by atoms with van der Waals surface area (Å²) in [4.78, 5) is 0. The first-order valence-corrected chi connectivity index (χ1v) is 11.0. The van der Waals surface area contributed by atoms with Gasteiger partial charge in [-0.1, -0.05) is 153 Å². The summed E-state index contributed by atoms with van der Waals surface area (Å²) in [6, 6.07) is 36.6. The number of benzene rings is 4. The molecule has 0 amide bonds. The maximum Gasteiger partial charge on any atom is 0.0551 e. The first-order chi connectivity index (χ1) is 16.1. The van der Waals surface area contributed by atoms with Crippen LogP contribution in [0.5, 0.6) is 0 Å². The molecule has 0 radical (unpaired) electrons. The first kappa shape index (κ1) is 28.4. The normalized spacial score (nSPS) is 10.1. The maximum absolute atomic E-state index is 6.17. The van der Waals surface area contributed by atoms with Crippen LogP contribution in [0.25, 0.3) is 18.2 Å². The second-order valence-electron chi connectivity index (χ2n) is 7.49. The van der Waals surface area contributed by atoms with Crippen LogP contribution >= 0.6 is 12.4 Å². The van der Waals surface area contributed by atoms with Gasteiger partial charge in [-0.2, -0.15) is 0 Å². The van der Waals surface area contributed by atoms with Gasteiger partial charge < -0.3 is 5.73 Å². The molecule has 0 aliphatic carbocycles. The molecule has 0 fully saturated rings. The number of nitrogens with two attached hydrogens (primary N) is 1. The van der Waals surface area contributed by atoms with Crippen LogP contribution in [0, 0.1) is 6.92 Å². The fraction of sp³-hybridized carbons (Fsp3) is 0.0625. The van der Waals surface area contributed by atoms with Gasteiger partial charge in [0.1, 0.15) is 0 Å². The van der Waals surface area contributed by atoms with Crippen LogP contribution in [-0.2, 0) is 0 Å². The third kappa shape index (κ3) is 9.87. The molecule has 0 aliphatic heterocycles. The molecule has 2 heteroatoms. The Kier molecular flexibility index (Phi) is 13.4. The van der Waals surface area contributed by atoms with Crippen molar-refractivity contribution in [2.24, 2.45) is 5.73 Å². The number of hydrogen-bond acceptors (Lipinski definition) is 1. The fourth-order valence-electron chi connectivity index (χ4n) is 2.98. The van der Waals surface area contributed by atoms with Gasteiger partial charge in [-0.25, -0.2) is 0 Å². The number of aryl methyl sites for hydroxylation is 1. The van der Waals surface area contributed by atoms with E-state index in [-0.39, 0.29) is 18.4 Å². The smallest absolute Gasteiger partial charge is 0.0551 e. The summed E-state index contributed by atoms with van der Waals surface area (Å²) in [6.07, 6.45) is 5.49. The highest BCUT2D eigenvalue weighted by atomic mass is 35.5. The number of rotatable bonds is 5. The van der Waals surface area contributed by atoms with Crippen molar-refractivity contribution in [1.82, 2.24) is 0 Å². The van der Waals surface area contributed by atoms with E-state index in [2.05, 4.69) is 63.1 Å². The summed E-state index contributed by atoms with van der Waals surface area (Å²) in [7, 11) is 0. The highest BCUT2D eigenvalue weighted by molar-refractivity contribution is 5.85. The third-order valence-electron chi connectivity index (χ3n) is 5.04. The largest absolute Gasteiger partial charge is 0.320 e. The summed E-state index contributed by atoms with van der Waals surface area (Å²) in [5.74, 6) is 0. The first-order valence-electron chi connectivity index (χ1n) is 11.0. The molecule has 0 spiro atoms. The quantitative estimate of drug-likeness (QED) is 0.312. The predicted molar refractivity (Wildman–Crippen MR) is 154 cm³/mol. The van der Waals surface area contributed by atoms with Crippen molar-refractivity contribution in [2.75, 3.05) is 0 Å². The van der Waals surface area contributed by atoms with Gasteiger partial charge in [-0.05, 0) is 34.7 Å². The van der Waals surface area contributed by atoms with Gasteiger partial charge in [0.2, 0.25) is 0 Å². The summed E-state index contributed by atoms with van der Waals surface area (Å²) in [6.45, 7) is 13.0. The highest BCUT2D eigenvalue weighted by Gasteiger charge is 2.06. The van der Waals surface area contributed by atoms with E-state index in [4.69, 9.17) is 5.73 Å². The molecule has 34 heavy (non-hydrogen) atoms. The molecule has 0 heterocycles. The lowest BCUT2D eigenvalue weighted by atomic mass is 9.99. The van der Waals surface area contributed by atoms with Crippen molar-refractivity contribution in [3.8, 4) is 0 Å². The van der Waals surface area contributed by atoms with Crippen LogP contribution in [0.2, 0.25) is 0 Å². The number of halogens is 1. The third-order valence-corrected chi connectivity index (χ3v) is 5.04. The molecule has 174 valence electrons. The molecule has 1 atom stereocenters. The van der Waals surface area contributed by atoms with Gasteiger partial charge in [0.25, 0.3) is 0 Å². The molecular formula is C32H34ClN. The molecule has 0 saturated carbocycles. The number of hydrogen-bond donors (Lipinski definition) is 1. The Hall–Kier alpha value is -3.65. The molecule has 0 bridgehead atoms. The van der Waals surface area contributed by atoms with Crippen LogP contribution in [0.3, 0.4) is 0 Å². The fourth-order valence-corrected chi connectivity index (χ4v) is 2.98. The molecule has 4 aromatic carbocycles. The van der Waals surface area contributed by atoms with E-state index in [9.17, 15) is 0 Å². The molecular weight excluding hydrogens is 434 g/mol. The zero-order valence-corrected chi connectivity index (χ0v) is 20.6. The lowest BCUT2D eigenvalue weighted by molar-refractivity contribution is 0.871. The van der Waals surface area contributed by atoms with Gasteiger partial charge in [-0.15, -0.1) is 12.4 Å². The standard InChI is InChI=1S/C14H15N.C10H10.C8H8.ClH/c1-11-7-9-13(10-8-11)14(15)12-5-3-2-4-6-12;1-3-9-5-7-10(4-2)8-6-9;1-2-8-6-4-3-5-7-8;/h2-10,14H,15H2,1H3;3-8H,1-2H2;2-7H,1H2;1H. The van der Waals surface area contributed by atoms with E-state index in [0.29, 0.717) is 0 Å². The van der Waals surface area contributed by atoms with Crippen molar-refractivity contribution >= 4 is 30.6 Å². The summed E-state index contributed by atoms with van der Waals surface area (Å²) in [5, 5.41) is 0. The molecule has 2 N–H and O–H groups in total. The van der Waals surface area contributed by atoms with Crippen LogP contribution < -0.4 is 5.73 Å². The second kappa shape index (κ2) is 16.0. The van der Waals surface area contributed by atoms with Gasteiger partial charge >= 0.3 is 0 Å². The molecule has 4 aromatic rings. The molecule has 1 unspecified atom stereocenters. The Bertz CT molecular complexity index is 1070. The molecule has 0 saturated heterocycles. The van der Waals surface area contributed by atoms with E-state index >= 15 is 0 Å². The van der Waals surface area contributed by atoms with Gasteiger partial charge in [0, 0.05) is 0 Å². The van der Waals surface area contributed by atoms with E-state index in [0.717, 1.165) is 22.3 Å². The van der Waals surface area contributed by atoms with Gasteiger partial charge in [-0.3, -0.25) is 0 Å². The lowest BCUT2D eigenvalue weighted by Crippen LogP contribution is -2.11. The molecule has 4 rings (SSSR count). The Morgan fingerprint density at radius 1 is 0.529 bits per heavy atom. The van der Waals surface area contributed by atoms with Gasteiger partial charge in [0.05, 0.1) is 6.04 Å². The lowest BCUT2D eigenvalue weighted by Gasteiger charge is -2.12. The van der Waals surface area contributed by atoms with Crippen molar-refractivity contribution in [1.29, 1.82) is 0 Å². The molecule has 0 aromatic heterocycles. The van der Waals surface area contributed by atoms with Crippen molar-refractivity contribution in [3.63, 3.8) is 0 Å². The summed E-state index contributed by atoms with van der Waals surface area (Å²) >= 11 is 0. The maximum atomic E-state index is 6.17.